The number of hydrogen-bond acceptors (Lipinski definition) is 5. The van der Waals surface area contributed by atoms with E-state index in [1.165, 1.54) is 29.7 Å². The highest BCUT2D eigenvalue weighted by molar-refractivity contribution is 7.07. The molecular formula is C22H26N4S. The largest absolute Gasteiger partial charge is 0.371 e. The fourth-order valence-corrected chi connectivity index (χ4v) is 4.40. The molecule has 1 aliphatic rings. The van der Waals surface area contributed by atoms with E-state index < -0.39 is 0 Å². The van der Waals surface area contributed by atoms with Gasteiger partial charge in [0.2, 0.25) is 0 Å². The molecule has 0 bridgehead atoms. The number of aromatic nitrogens is 2. The molecule has 2 aromatic heterocycles. The molecule has 0 aliphatic carbocycles. The molecule has 0 saturated carbocycles. The standard InChI is InChI=1S/C22H26N4S/c1-17(13-18-3-2-10-23-14-18)25-20-8-11-26(12-9-20)21-6-4-19(5-7-21)22-15-27-16-24-22/h2-7,10,14-17,20,25H,8-9,11-13H2,1H3/t17-/m1/s1. The average Bonchev–Trinajstić information content (AvgIpc) is 3.24. The van der Waals surface area contributed by atoms with Crippen molar-refractivity contribution < 1.29 is 0 Å². The van der Waals surface area contributed by atoms with E-state index in [0.717, 1.165) is 25.2 Å². The Kier molecular flexibility index (Phi) is 5.80. The first-order valence-corrected chi connectivity index (χ1v) is 10.6. The maximum absolute atomic E-state index is 4.39. The van der Waals surface area contributed by atoms with Crippen LogP contribution in [-0.4, -0.2) is 35.1 Å². The van der Waals surface area contributed by atoms with Crippen molar-refractivity contribution in [2.75, 3.05) is 18.0 Å². The highest BCUT2D eigenvalue weighted by atomic mass is 32.1. The zero-order valence-electron chi connectivity index (χ0n) is 15.7. The van der Waals surface area contributed by atoms with E-state index in [4.69, 9.17) is 0 Å². The third-order valence-corrected chi connectivity index (χ3v) is 5.83. The Labute approximate surface area is 165 Å². The topological polar surface area (TPSA) is 41.1 Å². The summed E-state index contributed by atoms with van der Waals surface area (Å²) >= 11 is 1.64. The second-order valence-corrected chi connectivity index (χ2v) is 8.03. The molecule has 0 radical (unpaired) electrons. The number of nitrogens with zero attached hydrogens (tertiary/aromatic N) is 3. The highest BCUT2D eigenvalue weighted by Gasteiger charge is 2.20. The second kappa shape index (κ2) is 8.63. The maximum atomic E-state index is 4.39. The number of benzene rings is 1. The van der Waals surface area contributed by atoms with Gasteiger partial charge in [-0.25, -0.2) is 4.98 Å². The smallest absolute Gasteiger partial charge is 0.0811 e. The van der Waals surface area contributed by atoms with Crippen LogP contribution in [0.5, 0.6) is 0 Å². The summed E-state index contributed by atoms with van der Waals surface area (Å²) in [7, 11) is 0. The van der Waals surface area contributed by atoms with E-state index in [-0.39, 0.29) is 0 Å². The first-order valence-electron chi connectivity index (χ1n) is 9.66. The molecule has 3 aromatic rings. The van der Waals surface area contributed by atoms with Gasteiger partial charge in [-0.2, -0.15) is 0 Å². The van der Waals surface area contributed by atoms with Crippen LogP contribution in [0.15, 0.2) is 59.7 Å². The van der Waals surface area contributed by atoms with Crippen LogP contribution < -0.4 is 10.2 Å². The van der Waals surface area contributed by atoms with E-state index in [2.05, 4.69) is 62.8 Å². The molecule has 0 spiro atoms. The van der Waals surface area contributed by atoms with Gasteiger partial charge in [-0.15, -0.1) is 11.3 Å². The number of rotatable bonds is 6. The Balaban J connectivity index is 1.27. The first kappa shape index (κ1) is 18.1. The zero-order chi connectivity index (χ0) is 18.5. The number of nitrogens with one attached hydrogen (secondary N) is 1. The van der Waals surface area contributed by atoms with Gasteiger partial charge in [-0.3, -0.25) is 4.98 Å². The summed E-state index contributed by atoms with van der Waals surface area (Å²) in [5.74, 6) is 0. The molecule has 4 nitrogen and oxygen atoms in total. The van der Waals surface area contributed by atoms with Crippen molar-refractivity contribution in [1.82, 2.24) is 15.3 Å². The van der Waals surface area contributed by atoms with Crippen LogP contribution in [0.3, 0.4) is 0 Å². The summed E-state index contributed by atoms with van der Waals surface area (Å²) in [6, 6.07) is 14.1. The van der Waals surface area contributed by atoms with Crippen LogP contribution in [0.2, 0.25) is 0 Å². The molecule has 1 N–H and O–H groups in total. The highest BCUT2D eigenvalue weighted by Crippen LogP contribution is 2.25. The van der Waals surface area contributed by atoms with E-state index in [9.17, 15) is 0 Å². The van der Waals surface area contributed by atoms with Crippen molar-refractivity contribution in [2.45, 2.75) is 38.3 Å². The van der Waals surface area contributed by atoms with Gasteiger partial charge in [0.15, 0.2) is 0 Å². The second-order valence-electron chi connectivity index (χ2n) is 7.31. The van der Waals surface area contributed by atoms with E-state index in [1.54, 1.807) is 11.3 Å². The lowest BCUT2D eigenvalue weighted by atomic mass is 10.0. The molecule has 1 aliphatic heterocycles. The molecule has 140 valence electrons. The molecule has 0 amide bonds. The Morgan fingerprint density at radius 2 is 2.00 bits per heavy atom. The predicted molar refractivity (Wildman–Crippen MR) is 113 cm³/mol. The third-order valence-electron chi connectivity index (χ3n) is 5.24. The normalized spacial score (nSPS) is 16.4. The van der Waals surface area contributed by atoms with E-state index in [0.29, 0.717) is 12.1 Å². The molecule has 1 atom stereocenters. The van der Waals surface area contributed by atoms with Crippen LogP contribution >= 0.6 is 11.3 Å². The van der Waals surface area contributed by atoms with Gasteiger partial charge in [-0.05, 0) is 49.9 Å². The summed E-state index contributed by atoms with van der Waals surface area (Å²) in [5.41, 5.74) is 6.76. The maximum Gasteiger partial charge on any atom is 0.0811 e. The van der Waals surface area contributed by atoms with Gasteiger partial charge >= 0.3 is 0 Å². The van der Waals surface area contributed by atoms with Gasteiger partial charge in [0.1, 0.15) is 0 Å². The first-order chi connectivity index (χ1) is 13.3. The number of hydrogen-bond donors (Lipinski definition) is 1. The van der Waals surface area contributed by atoms with Gasteiger partial charge < -0.3 is 10.2 Å². The minimum absolute atomic E-state index is 0.475. The number of piperidine rings is 1. The van der Waals surface area contributed by atoms with Crippen molar-refractivity contribution in [3.63, 3.8) is 0 Å². The fraction of sp³-hybridized carbons (Fsp3) is 0.364. The molecule has 4 rings (SSSR count). The quantitative estimate of drug-likeness (QED) is 0.690. The minimum Gasteiger partial charge on any atom is -0.371 e. The van der Waals surface area contributed by atoms with Crippen molar-refractivity contribution >= 4 is 17.0 Å². The molecule has 1 fully saturated rings. The SMILES string of the molecule is C[C@H](Cc1cccnc1)NC1CCN(c2ccc(-c3cscn3)cc2)CC1. The van der Waals surface area contributed by atoms with Gasteiger partial charge in [0, 0.05) is 54.2 Å². The summed E-state index contributed by atoms with van der Waals surface area (Å²) in [6.45, 7) is 4.48. The van der Waals surface area contributed by atoms with Crippen LogP contribution in [0, 0.1) is 0 Å². The lowest BCUT2D eigenvalue weighted by Crippen LogP contribution is -2.46. The summed E-state index contributed by atoms with van der Waals surface area (Å²) in [4.78, 5) is 11.1. The van der Waals surface area contributed by atoms with Crippen molar-refractivity contribution in [2.24, 2.45) is 0 Å². The van der Waals surface area contributed by atoms with Gasteiger partial charge in [0.05, 0.1) is 11.2 Å². The lowest BCUT2D eigenvalue weighted by Gasteiger charge is -2.35. The Hall–Kier alpha value is -2.24. The fourth-order valence-electron chi connectivity index (χ4n) is 3.84. The Morgan fingerprint density at radius 1 is 1.19 bits per heavy atom. The number of anilines is 1. The molecule has 27 heavy (non-hydrogen) atoms. The average molecular weight is 379 g/mol. The molecule has 1 saturated heterocycles. The zero-order valence-corrected chi connectivity index (χ0v) is 16.5. The Morgan fingerprint density at radius 3 is 2.67 bits per heavy atom. The van der Waals surface area contributed by atoms with Crippen LogP contribution in [0.1, 0.15) is 25.3 Å². The molecule has 0 unspecified atom stereocenters. The van der Waals surface area contributed by atoms with Crippen LogP contribution in [0.4, 0.5) is 5.69 Å². The molecule has 1 aromatic carbocycles. The van der Waals surface area contributed by atoms with E-state index in [1.807, 2.05) is 24.0 Å². The van der Waals surface area contributed by atoms with Crippen LogP contribution in [0.25, 0.3) is 11.3 Å². The predicted octanol–water partition coefficient (Wildman–Crippen LogP) is 4.39. The van der Waals surface area contributed by atoms with Gasteiger partial charge in [-0.1, -0.05) is 18.2 Å². The summed E-state index contributed by atoms with van der Waals surface area (Å²) in [5, 5.41) is 5.90. The molecular weight excluding hydrogens is 352 g/mol. The number of thiazole rings is 1. The summed E-state index contributed by atoms with van der Waals surface area (Å²) in [6.07, 6.45) is 7.21. The summed E-state index contributed by atoms with van der Waals surface area (Å²) < 4.78 is 0. The van der Waals surface area contributed by atoms with Crippen molar-refractivity contribution in [1.29, 1.82) is 0 Å². The monoisotopic (exact) mass is 378 g/mol. The van der Waals surface area contributed by atoms with Crippen molar-refractivity contribution in [3.8, 4) is 11.3 Å². The third kappa shape index (κ3) is 4.73. The number of pyridine rings is 1. The van der Waals surface area contributed by atoms with Crippen molar-refractivity contribution in [3.05, 3.63) is 65.2 Å². The van der Waals surface area contributed by atoms with Gasteiger partial charge in [0.25, 0.3) is 0 Å². The molecule has 5 heteroatoms. The van der Waals surface area contributed by atoms with E-state index >= 15 is 0 Å². The molecule has 3 heterocycles. The lowest BCUT2D eigenvalue weighted by molar-refractivity contribution is 0.375. The Bertz CT molecular complexity index is 809. The van der Waals surface area contributed by atoms with Crippen LogP contribution in [-0.2, 0) is 6.42 Å². The minimum atomic E-state index is 0.475.